The van der Waals surface area contributed by atoms with E-state index in [1.807, 2.05) is 19.1 Å². The van der Waals surface area contributed by atoms with E-state index < -0.39 is 5.97 Å². The van der Waals surface area contributed by atoms with Gasteiger partial charge in [-0.15, -0.1) is 0 Å². The third kappa shape index (κ3) is 3.22. The number of nitrogens with one attached hydrogen (secondary N) is 1. The number of carboxylic acid groups (broad SMARTS) is 1. The number of rotatable bonds is 5. The van der Waals surface area contributed by atoms with Crippen LogP contribution in [0.3, 0.4) is 0 Å². The van der Waals surface area contributed by atoms with Crippen LogP contribution in [-0.2, 0) is 0 Å². The predicted octanol–water partition coefficient (Wildman–Crippen LogP) is 3.29. The maximum Gasteiger partial charge on any atom is 0.337 e. The standard InChI is InChI=1S/C14H19NO2/c1-9-3-6-12(14(16)17)13(7-9)15-10(2)8-11-4-5-11/h3,6-7,10-11,15H,4-5,8H2,1-2H3,(H,16,17). The maximum atomic E-state index is 11.1. The normalized spacial score (nSPS) is 16.6. The molecule has 3 nitrogen and oxygen atoms in total. The van der Waals surface area contributed by atoms with Gasteiger partial charge in [-0.2, -0.15) is 0 Å². The van der Waals surface area contributed by atoms with E-state index in [0.29, 0.717) is 11.6 Å². The van der Waals surface area contributed by atoms with Crippen molar-refractivity contribution < 1.29 is 9.90 Å². The number of anilines is 1. The Morgan fingerprint density at radius 3 is 2.82 bits per heavy atom. The molecule has 1 unspecified atom stereocenters. The highest BCUT2D eigenvalue weighted by Crippen LogP contribution is 2.34. The minimum absolute atomic E-state index is 0.336. The Bertz CT molecular complexity index is 424. The van der Waals surface area contributed by atoms with Crippen LogP contribution in [0.15, 0.2) is 18.2 Å². The van der Waals surface area contributed by atoms with Gasteiger partial charge in [0, 0.05) is 11.7 Å². The van der Waals surface area contributed by atoms with E-state index in [1.165, 1.54) is 12.8 Å². The second-order valence-electron chi connectivity index (χ2n) is 5.08. The van der Waals surface area contributed by atoms with Crippen LogP contribution in [0.4, 0.5) is 5.69 Å². The van der Waals surface area contributed by atoms with Gasteiger partial charge < -0.3 is 10.4 Å². The van der Waals surface area contributed by atoms with Crippen LogP contribution in [0.5, 0.6) is 0 Å². The Labute approximate surface area is 102 Å². The zero-order valence-corrected chi connectivity index (χ0v) is 10.4. The van der Waals surface area contributed by atoms with Crippen LogP contribution < -0.4 is 5.32 Å². The first-order chi connectivity index (χ1) is 8.06. The maximum absolute atomic E-state index is 11.1. The fourth-order valence-electron chi connectivity index (χ4n) is 2.14. The lowest BCUT2D eigenvalue weighted by molar-refractivity contribution is 0.0698. The van der Waals surface area contributed by atoms with Crippen molar-refractivity contribution in [2.24, 2.45) is 5.92 Å². The Kier molecular flexibility index (Phi) is 3.36. The number of hydrogen-bond donors (Lipinski definition) is 2. The SMILES string of the molecule is Cc1ccc(C(=O)O)c(NC(C)CC2CC2)c1. The van der Waals surface area contributed by atoms with Crippen LogP contribution in [-0.4, -0.2) is 17.1 Å². The molecule has 0 spiro atoms. The fourth-order valence-corrected chi connectivity index (χ4v) is 2.14. The Hall–Kier alpha value is -1.51. The largest absolute Gasteiger partial charge is 0.478 e. The first-order valence-electron chi connectivity index (χ1n) is 6.16. The first kappa shape index (κ1) is 12.0. The van der Waals surface area contributed by atoms with Gasteiger partial charge in [0.15, 0.2) is 0 Å². The van der Waals surface area contributed by atoms with Gasteiger partial charge in [-0.25, -0.2) is 4.79 Å². The molecular weight excluding hydrogens is 214 g/mol. The second-order valence-corrected chi connectivity index (χ2v) is 5.08. The summed E-state index contributed by atoms with van der Waals surface area (Å²) in [6, 6.07) is 5.75. The minimum Gasteiger partial charge on any atom is -0.478 e. The Morgan fingerprint density at radius 2 is 2.24 bits per heavy atom. The summed E-state index contributed by atoms with van der Waals surface area (Å²) in [5.74, 6) is -0.0262. The summed E-state index contributed by atoms with van der Waals surface area (Å²) >= 11 is 0. The molecule has 0 heterocycles. The summed E-state index contributed by atoms with van der Waals surface area (Å²) in [5, 5.41) is 12.4. The monoisotopic (exact) mass is 233 g/mol. The molecule has 3 heteroatoms. The molecule has 1 atom stereocenters. The van der Waals surface area contributed by atoms with Gasteiger partial charge in [-0.05, 0) is 43.9 Å². The van der Waals surface area contributed by atoms with Crippen molar-refractivity contribution in [3.05, 3.63) is 29.3 Å². The highest BCUT2D eigenvalue weighted by Gasteiger charge is 2.24. The van der Waals surface area contributed by atoms with Gasteiger partial charge >= 0.3 is 5.97 Å². The number of carboxylic acids is 1. The van der Waals surface area contributed by atoms with Crippen molar-refractivity contribution in [2.75, 3.05) is 5.32 Å². The topological polar surface area (TPSA) is 49.3 Å². The highest BCUT2D eigenvalue weighted by atomic mass is 16.4. The number of aromatic carboxylic acids is 1. The van der Waals surface area contributed by atoms with Crippen molar-refractivity contribution >= 4 is 11.7 Å². The average Bonchev–Trinajstić information content (AvgIpc) is 3.00. The van der Waals surface area contributed by atoms with Gasteiger partial charge in [0.1, 0.15) is 0 Å². The molecule has 1 aliphatic rings. The molecular formula is C14H19NO2. The molecule has 0 aromatic heterocycles. The van der Waals surface area contributed by atoms with Crippen LogP contribution >= 0.6 is 0 Å². The van der Waals surface area contributed by atoms with Gasteiger partial charge in [0.25, 0.3) is 0 Å². The van der Waals surface area contributed by atoms with Crippen molar-refractivity contribution in [3.63, 3.8) is 0 Å². The number of aryl methyl sites for hydroxylation is 1. The number of carbonyl (C=O) groups is 1. The molecule has 0 amide bonds. The lowest BCUT2D eigenvalue weighted by atomic mass is 10.1. The van der Waals surface area contributed by atoms with Crippen LogP contribution in [0.25, 0.3) is 0 Å². The number of benzene rings is 1. The van der Waals surface area contributed by atoms with Crippen molar-refractivity contribution in [3.8, 4) is 0 Å². The van der Waals surface area contributed by atoms with E-state index in [0.717, 1.165) is 23.6 Å². The smallest absolute Gasteiger partial charge is 0.337 e. The summed E-state index contributed by atoms with van der Waals surface area (Å²) in [4.78, 5) is 11.1. The van der Waals surface area contributed by atoms with E-state index in [9.17, 15) is 4.79 Å². The minimum atomic E-state index is -0.869. The molecule has 0 saturated heterocycles. The second kappa shape index (κ2) is 4.78. The molecule has 92 valence electrons. The third-order valence-corrected chi connectivity index (χ3v) is 3.19. The van der Waals surface area contributed by atoms with Gasteiger partial charge in [-0.3, -0.25) is 0 Å². The molecule has 1 fully saturated rings. The molecule has 1 saturated carbocycles. The molecule has 1 aromatic carbocycles. The Morgan fingerprint density at radius 1 is 1.53 bits per heavy atom. The van der Waals surface area contributed by atoms with E-state index in [4.69, 9.17) is 5.11 Å². The van der Waals surface area contributed by atoms with Gasteiger partial charge in [0.05, 0.1) is 5.56 Å². The molecule has 1 aliphatic carbocycles. The lowest BCUT2D eigenvalue weighted by Crippen LogP contribution is -2.18. The third-order valence-electron chi connectivity index (χ3n) is 3.19. The van der Waals surface area contributed by atoms with Crippen LogP contribution in [0.1, 0.15) is 42.1 Å². The van der Waals surface area contributed by atoms with E-state index >= 15 is 0 Å². The summed E-state index contributed by atoms with van der Waals surface area (Å²) in [7, 11) is 0. The molecule has 0 aliphatic heterocycles. The highest BCUT2D eigenvalue weighted by molar-refractivity contribution is 5.94. The molecule has 17 heavy (non-hydrogen) atoms. The van der Waals surface area contributed by atoms with E-state index in [2.05, 4.69) is 12.2 Å². The molecule has 0 radical (unpaired) electrons. The van der Waals surface area contributed by atoms with Crippen molar-refractivity contribution in [2.45, 2.75) is 39.2 Å². The van der Waals surface area contributed by atoms with Gasteiger partial charge in [0.2, 0.25) is 0 Å². The lowest BCUT2D eigenvalue weighted by Gasteiger charge is -2.17. The van der Waals surface area contributed by atoms with E-state index in [-0.39, 0.29) is 0 Å². The number of hydrogen-bond acceptors (Lipinski definition) is 2. The average molecular weight is 233 g/mol. The predicted molar refractivity (Wildman–Crippen MR) is 68.6 cm³/mol. The zero-order chi connectivity index (χ0) is 12.4. The fraction of sp³-hybridized carbons (Fsp3) is 0.500. The zero-order valence-electron chi connectivity index (χ0n) is 10.4. The van der Waals surface area contributed by atoms with Crippen molar-refractivity contribution in [1.29, 1.82) is 0 Å². The van der Waals surface area contributed by atoms with Crippen molar-refractivity contribution in [1.82, 2.24) is 0 Å². The summed E-state index contributed by atoms with van der Waals surface area (Å²) < 4.78 is 0. The molecule has 2 N–H and O–H groups in total. The van der Waals surface area contributed by atoms with E-state index in [1.54, 1.807) is 6.07 Å². The molecule has 2 rings (SSSR count). The molecule has 1 aromatic rings. The summed E-state index contributed by atoms with van der Waals surface area (Å²) in [6.07, 6.45) is 3.78. The van der Waals surface area contributed by atoms with Crippen LogP contribution in [0.2, 0.25) is 0 Å². The first-order valence-corrected chi connectivity index (χ1v) is 6.16. The van der Waals surface area contributed by atoms with Gasteiger partial charge in [-0.1, -0.05) is 18.9 Å². The Balaban J connectivity index is 2.11. The summed E-state index contributed by atoms with van der Waals surface area (Å²) in [5.41, 5.74) is 2.18. The quantitative estimate of drug-likeness (QED) is 0.820. The molecule has 0 bridgehead atoms. The summed E-state index contributed by atoms with van der Waals surface area (Å²) in [6.45, 7) is 4.09. The van der Waals surface area contributed by atoms with Crippen LogP contribution in [0, 0.1) is 12.8 Å².